The van der Waals surface area contributed by atoms with Gasteiger partial charge in [0.05, 0.1) is 0 Å². The number of aromatic nitrogens is 2. The molecule has 1 N–H and O–H groups in total. The van der Waals surface area contributed by atoms with Crippen LogP contribution >= 0.6 is 15.9 Å². The molecule has 0 atom stereocenters. The number of benzene rings is 2. The Morgan fingerprint density at radius 3 is 2.57 bits per heavy atom. The summed E-state index contributed by atoms with van der Waals surface area (Å²) >= 11 is 3.48. The third-order valence-electron chi connectivity index (χ3n) is 4.54. The molecule has 2 aromatic carbocycles. The topological polar surface area (TPSA) is 45.5 Å². The Morgan fingerprint density at radius 1 is 1.11 bits per heavy atom. The van der Waals surface area contributed by atoms with E-state index in [1.54, 1.807) is 0 Å². The summed E-state index contributed by atoms with van der Waals surface area (Å²) in [6.45, 7) is 2.42. The van der Waals surface area contributed by atoms with Crippen LogP contribution in [0, 0.1) is 0 Å². The molecule has 0 aliphatic heterocycles. The van der Waals surface area contributed by atoms with Crippen LogP contribution in [0.1, 0.15) is 17.0 Å². The molecule has 1 aromatic heterocycles. The number of aliphatic imine (C=N–C) groups is 1. The highest BCUT2D eigenvalue weighted by Gasteiger charge is 2.08. The van der Waals surface area contributed by atoms with Crippen molar-refractivity contribution < 1.29 is 0 Å². The molecule has 0 bridgehead atoms. The largest absolute Gasteiger partial charge is 0.356 e. The first kappa shape index (κ1) is 20.1. The van der Waals surface area contributed by atoms with Crippen molar-refractivity contribution in [1.82, 2.24) is 19.8 Å². The molecule has 0 aliphatic carbocycles. The number of hydrogen-bond acceptors (Lipinski definition) is 2. The van der Waals surface area contributed by atoms with Gasteiger partial charge in [0, 0.05) is 57.0 Å². The number of imidazole rings is 1. The fraction of sp³-hybridized carbons (Fsp3) is 0.273. The zero-order valence-electron chi connectivity index (χ0n) is 16.3. The van der Waals surface area contributed by atoms with Crippen molar-refractivity contribution in [3.63, 3.8) is 0 Å². The lowest BCUT2D eigenvalue weighted by atomic mass is 10.2. The van der Waals surface area contributed by atoms with Gasteiger partial charge < -0.3 is 14.8 Å². The lowest BCUT2D eigenvalue weighted by Crippen LogP contribution is -2.39. The molecular formula is C22H26BrN5. The first-order valence-corrected chi connectivity index (χ1v) is 10.1. The summed E-state index contributed by atoms with van der Waals surface area (Å²) in [4.78, 5) is 11.1. The van der Waals surface area contributed by atoms with Crippen LogP contribution in [0.4, 0.5) is 0 Å². The number of rotatable bonds is 7. The van der Waals surface area contributed by atoms with Crippen LogP contribution in [0.15, 0.2) is 76.5 Å². The van der Waals surface area contributed by atoms with Gasteiger partial charge in [-0.2, -0.15) is 0 Å². The second-order valence-electron chi connectivity index (χ2n) is 6.66. The Hall–Kier alpha value is -2.60. The molecule has 5 nitrogen and oxygen atoms in total. The average molecular weight is 440 g/mol. The Morgan fingerprint density at radius 2 is 1.86 bits per heavy atom. The van der Waals surface area contributed by atoms with Crippen molar-refractivity contribution >= 4 is 21.9 Å². The van der Waals surface area contributed by atoms with Crippen LogP contribution in [-0.4, -0.2) is 41.1 Å². The number of hydrogen-bond donors (Lipinski definition) is 1. The summed E-state index contributed by atoms with van der Waals surface area (Å²) < 4.78 is 3.29. The Labute approximate surface area is 175 Å². The lowest BCUT2D eigenvalue weighted by molar-refractivity contribution is 0.476. The lowest BCUT2D eigenvalue weighted by Gasteiger charge is -2.22. The molecule has 0 unspecified atom stereocenters. The maximum Gasteiger partial charge on any atom is 0.193 e. The quantitative estimate of drug-likeness (QED) is 0.447. The normalized spacial score (nSPS) is 11.5. The third kappa shape index (κ3) is 5.70. The maximum atomic E-state index is 4.52. The van der Waals surface area contributed by atoms with Gasteiger partial charge in [0.15, 0.2) is 5.96 Å². The van der Waals surface area contributed by atoms with Crippen LogP contribution in [0.3, 0.4) is 0 Å². The zero-order valence-corrected chi connectivity index (χ0v) is 17.9. The van der Waals surface area contributed by atoms with Gasteiger partial charge >= 0.3 is 0 Å². The monoisotopic (exact) mass is 439 g/mol. The van der Waals surface area contributed by atoms with Crippen molar-refractivity contribution in [3.8, 4) is 0 Å². The predicted octanol–water partition coefficient (Wildman–Crippen LogP) is 3.94. The first-order valence-electron chi connectivity index (χ1n) is 9.36. The van der Waals surface area contributed by atoms with Gasteiger partial charge in [0.25, 0.3) is 0 Å². The minimum Gasteiger partial charge on any atom is -0.356 e. The molecule has 0 saturated heterocycles. The molecule has 0 aliphatic rings. The van der Waals surface area contributed by atoms with E-state index in [0.29, 0.717) is 0 Å². The van der Waals surface area contributed by atoms with E-state index in [4.69, 9.17) is 0 Å². The van der Waals surface area contributed by atoms with Crippen LogP contribution in [0.25, 0.3) is 0 Å². The van der Waals surface area contributed by atoms with Gasteiger partial charge in [0.1, 0.15) is 5.82 Å². The summed E-state index contributed by atoms with van der Waals surface area (Å²) in [7, 11) is 3.87. The van der Waals surface area contributed by atoms with E-state index in [1.807, 2.05) is 32.6 Å². The average Bonchev–Trinajstić information content (AvgIpc) is 3.14. The van der Waals surface area contributed by atoms with Crippen LogP contribution < -0.4 is 5.32 Å². The van der Waals surface area contributed by atoms with E-state index < -0.39 is 0 Å². The van der Waals surface area contributed by atoms with Gasteiger partial charge in [-0.05, 0) is 23.3 Å². The highest BCUT2D eigenvalue weighted by Crippen LogP contribution is 2.12. The SMILES string of the molecule is CN=C(NCCc1nccn1Cc1ccccc1)N(C)Cc1ccc(Br)cc1. The fourth-order valence-corrected chi connectivity index (χ4v) is 3.37. The second-order valence-corrected chi connectivity index (χ2v) is 7.58. The van der Waals surface area contributed by atoms with Crippen molar-refractivity contribution in [3.05, 3.63) is 88.4 Å². The molecular weight excluding hydrogens is 414 g/mol. The van der Waals surface area contributed by atoms with E-state index in [9.17, 15) is 0 Å². The molecule has 0 spiro atoms. The van der Waals surface area contributed by atoms with E-state index in [2.05, 4.69) is 89.2 Å². The van der Waals surface area contributed by atoms with Gasteiger partial charge in [-0.15, -0.1) is 0 Å². The van der Waals surface area contributed by atoms with Crippen molar-refractivity contribution in [2.24, 2.45) is 4.99 Å². The Kier molecular flexibility index (Phi) is 7.25. The number of nitrogens with zero attached hydrogens (tertiary/aromatic N) is 4. The Bertz CT molecular complexity index is 887. The summed E-state index contributed by atoms with van der Waals surface area (Å²) in [5.74, 6) is 1.95. The second kappa shape index (κ2) is 10.1. The summed E-state index contributed by atoms with van der Waals surface area (Å²) in [6.07, 6.45) is 4.74. The van der Waals surface area contributed by atoms with E-state index in [1.165, 1.54) is 11.1 Å². The molecule has 146 valence electrons. The van der Waals surface area contributed by atoms with Crippen molar-refractivity contribution in [2.75, 3.05) is 20.6 Å². The van der Waals surface area contributed by atoms with Gasteiger partial charge in [-0.1, -0.05) is 58.4 Å². The van der Waals surface area contributed by atoms with Gasteiger partial charge in [-0.25, -0.2) is 4.98 Å². The molecule has 6 heteroatoms. The smallest absolute Gasteiger partial charge is 0.193 e. The molecule has 0 radical (unpaired) electrons. The number of halogens is 1. The molecule has 1 heterocycles. The standard InChI is InChI=1S/C22H26BrN5/c1-24-22(27(2)16-19-8-10-20(23)11-9-19)26-13-12-21-25-14-15-28(21)17-18-6-4-3-5-7-18/h3-11,14-15H,12-13,16-17H2,1-2H3,(H,24,26). The molecule has 0 fully saturated rings. The van der Waals surface area contributed by atoms with Crippen LogP contribution in [0.5, 0.6) is 0 Å². The summed E-state index contributed by atoms with van der Waals surface area (Å²) in [6, 6.07) is 18.8. The van der Waals surface area contributed by atoms with Crippen molar-refractivity contribution in [2.45, 2.75) is 19.5 Å². The summed E-state index contributed by atoms with van der Waals surface area (Å²) in [5.41, 5.74) is 2.52. The number of nitrogens with one attached hydrogen (secondary N) is 1. The minimum atomic E-state index is 0.781. The van der Waals surface area contributed by atoms with Gasteiger partial charge in [0.2, 0.25) is 0 Å². The molecule has 3 aromatic rings. The van der Waals surface area contributed by atoms with E-state index in [-0.39, 0.29) is 0 Å². The zero-order chi connectivity index (χ0) is 19.8. The fourth-order valence-electron chi connectivity index (χ4n) is 3.10. The van der Waals surface area contributed by atoms with Crippen LogP contribution in [0.2, 0.25) is 0 Å². The molecule has 3 rings (SSSR count). The minimum absolute atomic E-state index is 0.781. The van der Waals surface area contributed by atoms with E-state index >= 15 is 0 Å². The highest BCUT2D eigenvalue weighted by atomic mass is 79.9. The maximum absolute atomic E-state index is 4.52. The number of guanidine groups is 1. The first-order chi connectivity index (χ1) is 13.7. The van der Waals surface area contributed by atoms with Crippen molar-refractivity contribution in [1.29, 1.82) is 0 Å². The van der Waals surface area contributed by atoms with E-state index in [0.717, 1.165) is 42.3 Å². The Balaban J connectivity index is 1.52. The van der Waals surface area contributed by atoms with Crippen LogP contribution in [-0.2, 0) is 19.5 Å². The predicted molar refractivity (Wildman–Crippen MR) is 118 cm³/mol. The molecule has 28 heavy (non-hydrogen) atoms. The van der Waals surface area contributed by atoms with Gasteiger partial charge in [-0.3, -0.25) is 4.99 Å². The summed E-state index contributed by atoms with van der Waals surface area (Å²) in [5, 5.41) is 3.44. The third-order valence-corrected chi connectivity index (χ3v) is 5.06. The molecule has 0 saturated carbocycles. The highest BCUT2D eigenvalue weighted by molar-refractivity contribution is 9.10. The molecule has 0 amide bonds.